The van der Waals surface area contributed by atoms with E-state index in [1.54, 1.807) is 6.07 Å². The molecule has 1 aliphatic rings. The van der Waals surface area contributed by atoms with Crippen LogP contribution in [0, 0.1) is 6.92 Å². The number of ether oxygens (including phenoxy) is 2. The molecular weight excluding hydrogens is 356 g/mol. The van der Waals surface area contributed by atoms with Crippen molar-refractivity contribution >= 4 is 15.8 Å². The van der Waals surface area contributed by atoms with Crippen LogP contribution in [-0.2, 0) is 16.6 Å². The second-order valence-electron chi connectivity index (χ2n) is 6.16. The molecule has 0 saturated carbocycles. The van der Waals surface area contributed by atoms with Gasteiger partial charge >= 0.3 is 0 Å². The molecule has 140 valence electrons. The first kappa shape index (κ1) is 18.4. The smallest absolute Gasteiger partial charge is 0.241 e. The Balaban J connectivity index is 1.78. The Morgan fingerprint density at radius 2 is 1.85 bits per heavy atom. The highest BCUT2D eigenvalue weighted by Gasteiger charge is 2.19. The van der Waals surface area contributed by atoms with Gasteiger partial charge in [-0.1, -0.05) is 0 Å². The predicted molar refractivity (Wildman–Crippen MR) is 97.2 cm³/mol. The number of anilines is 1. The van der Waals surface area contributed by atoms with E-state index in [0.29, 0.717) is 30.5 Å². The molecule has 0 saturated heterocycles. The van der Waals surface area contributed by atoms with E-state index in [-0.39, 0.29) is 11.4 Å². The van der Waals surface area contributed by atoms with E-state index >= 15 is 0 Å². The number of hydrogen-bond donors (Lipinski definition) is 1. The molecular formula is C17H22N4O4S. The van der Waals surface area contributed by atoms with Crippen LogP contribution < -0.4 is 19.1 Å². The SMILES string of the molecule is Cc1cc(N(C)C)nc(CNS(=O)(=O)c2ccc3c(c2)OCCCO3)n1. The molecule has 0 radical (unpaired) electrons. The number of rotatable bonds is 5. The molecule has 0 amide bonds. The van der Waals surface area contributed by atoms with Crippen molar-refractivity contribution in [2.24, 2.45) is 0 Å². The van der Waals surface area contributed by atoms with Crippen molar-refractivity contribution in [3.8, 4) is 11.5 Å². The second kappa shape index (κ2) is 7.46. The first-order valence-corrected chi connectivity index (χ1v) is 9.75. The number of aromatic nitrogens is 2. The number of hydrogen-bond acceptors (Lipinski definition) is 7. The fourth-order valence-electron chi connectivity index (χ4n) is 2.47. The number of fused-ring (bicyclic) bond motifs is 1. The molecule has 26 heavy (non-hydrogen) atoms. The van der Waals surface area contributed by atoms with Crippen LogP contribution in [0.3, 0.4) is 0 Å². The predicted octanol–water partition coefficient (Wildman–Crippen LogP) is 1.49. The van der Waals surface area contributed by atoms with Gasteiger partial charge in [0.15, 0.2) is 11.5 Å². The number of benzene rings is 1. The van der Waals surface area contributed by atoms with E-state index in [4.69, 9.17) is 9.47 Å². The maximum Gasteiger partial charge on any atom is 0.241 e. The van der Waals surface area contributed by atoms with Crippen molar-refractivity contribution in [2.75, 3.05) is 32.2 Å². The van der Waals surface area contributed by atoms with Crippen molar-refractivity contribution in [2.45, 2.75) is 24.8 Å². The average molecular weight is 378 g/mol. The van der Waals surface area contributed by atoms with Gasteiger partial charge in [0.05, 0.1) is 24.7 Å². The molecule has 8 nitrogen and oxygen atoms in total. The van der Waals surface area contributed by atoms with Gasteiger partial charge < -0.3 is 14.4 Å². The van der Waals surface area contributed by atoms with Gasteiger partial charge in [-0.2, -0.15) is 0 Å². The first-order valence-electron chi connectivity index (χ1n) is 8.26. The normalized spacial score (nSPS) is 14.0. The van der Waals surface area contributed by atoms with Crippen LogP contribution in [0.5, 0.6) is 11.5 Å². The summed E-state index contributed by atoms with van der Waals surface area (Å²) in [7, 11) is 0.00810. The minimum absolute atomic E-state index is 0.000699. The third-order valence-corrected chi connectivity index (χ3v) is 5.19. The van der Waals surface area contributed by atoms with Crippen molar-refractivity contribution < 1.29 is 17.9 Å². The zero-order valence-corrected chi connectivity index (χ0v) is 15.8. The Labute approximate surface area is 153 Å². The lowest BCUT2D eigenvalue weighted by molar-refractivity contribution is 0.297. The summed E-state index contributed by atoms with van der Waals surface area (Å²) in [5.41, 5.74) is 0.772. The first-order chi connectivity index (χ1) is 12.3. The molecule has 1 aromatic carbocycles. The summed E-state index contributed by atoms with van der Waals surface area (Å²) in [6, 6.07) is 6.42. The molecule has 2 aromatic rings. The van der Waals surface area contributed by atoms with Gasteiger partial charge in [0.2, 0.25) is 10.0 Å². The largest absolute Gasteiger partial charge is 0.490 e. The van der Waals surface area contributed by atoms with Crippen molar-refractivity contribution in [3.05, 3.63) is 35.8 Å². The molecule has 2 heterocycles. The average Bonchev–Trinajstić information content (AvgIpc) is 2.84. The number of nitrogens with one attached hydrogen (secondary N) is 1. The lowest BCUT2D eigenvalue weighted by atomic mass is 10.3. The lowest BCUT2D eigenvalue weighted by Crippen LogP contribution is -2.25. The zero-order chi connectivity index (χ0) is 18.7. The molecule has 1 aromatic heterocycles. The molecule has 0 unspecified atom stereocenters. The summed E-state index contributed by atoms with van der Waals surface area (Å²) in [6.07, 6.45) is 0.758. The monoisotopic (exact) mass is 378 g/mol. The van der Waals surface area contributed by atoms with Crippen LogP contribution in [0.2, 0.25) is 0 Å². The van der Waals surface area contributed by atoms with E-state index in [1.165, 1.54) is 12.1 Å². The minimum atomic E-state index is -3.73. The molecule has 0 aliphatic carbocycles. The van der Waals surface area contributed by atoms with E-state index in [0.717, 1.165) is 17.9 Å². The molecule has 0 atom stereocenters. The van der Waals surface area contributed by atoms with Crippen LogP contribution in [0.4, 0.5) is 5.82 Å². The summed E-state index contributed by atoms with van der Waals surface area (Å²) in [5, 5.41) is 0. The van der Waals surface area contributed by atoms with Gasteiger partial charge in [-0.25, -0.2) is 23.1 Å². The van der Waals surface area contributed by atoms with Crippen molar-refractivity contribution in [3.63, 3.8) is 0 Å². The molecule has 0 spiro atoms. The Bertz CT molecular complexity index is 900. The molecule has 0 fully saturated rings. The van der Waals surface area contributed by atoms with Gasteiger partial charge in [-0.15, -0.1) is 0 Å². The molecule has 0 bridgehead atoms. The highest BCUT2D eigenvalue weighted by atomic mass is 32.2. The van der Waals surface area contributed by atoms with Crippen LogP contribution in [0.1, 0.15) is 17.9 Å². The van der Waals surface area contributed by atoms with Crippen LogP contribution in [-0.4, -0.2) is 45.7 Å². The van der Waals surface area contributed by atoms with Gasteiger partial charge in [-0.3, -0.25) is 0 Å². The summed E-state index contributed by atoms with van der Waals surface area (Å²) >= 11 is 0. The summed E-state index contributed by atoms with van der Waals surface area (Å²) in [5.74, 6) is 2.13. The third kappa shape index (κ3) is 4.23. The number of nitrogens with zero attached hydrogens (tertiary/aromatic N) is 3. The Hall–Kier alpha value is -2.39. The quantitative estimate of drug-likeness (QED) is 0.842. The maximum atomic E-state index is 12.6. The Morgan fingerprint density at radius 3 is 2.58 bits per heavy atom. The minimum Gasteiger partial charge on any atom is -0.490 e. The van der Waals surface area contributed by atoms with E-state index in [1.807, 2.05) is 32.0 Å². The van der Waals surface area contributed by atoms with Crippen LogP contribution in [0.25, 0.3) is 0 Å². The standard InChI is InChI=1S/C17H22N4O4S/c1-12-9-17(21(2)3)20-16(19-12)11-18-26(22,23)13-5-6-14-15(10-13)25-8-4-7-24-14/h5-6,9-10,18H,4,7-8,11H2,1-3H3. The Morgan fingerprint density at radius 1 is 1.12 bits per heavy atom. The van der Waals surface area contributed by atoms with Crippen molar-refractivity contribution in [1.29, 1.82) is 0 Å². The zero-order valence-electron chi connectivity index (χ0n) is 15.0. The van der Waals surface area contributed by atoms with Crippen LogP contribution >= 0.6 is 0 Å². The number of sulfonamides is 1. The summed E-state index contributed by atoms with van der Waals surface area (Å²) in [6.45, 7) is 2.89. The fourth-order valence-corrected chi connectivity index (χ4v) is 3.47. The Kier molecular flexibility index (Phi) is 5.28. The number of aryl methyl sites for hydroxylation is 1. The molecule has 9 heteroatoms. The topological polar surface area (TPSA) is 93.7 Å². The highest BCUT2D eigenvalue weighted by molar-refractivity contribution is 7.89. The lowest BCUT2D eigenvalue weighted by Gasteiger charge is -2.14. The second-order valence-corrected chi connectivity index (χ2v) is 7.93. The van der Waals surface area contributed by atoms with Crippen LogP contribution in [0.15, 0.2) is 29.2 Å². The van der Waals surface area contributed by atoms with Gasteiger partial charge in [-0.05, 0) is 19.1 Å². The summed E-state index contributed by atoms with van der Waals surface area (Å²) in [4.78, 5) is 10.6. The van der Waals surface area contributed by atoms with Gasteiger partial charge in [0.1, 0.15) is 11.6 Å². The maximum absolute atomic E-state index is 12.6. The highest BCUT2D eigenvalue weighted by Crippen LogP contribution is 2.31. The van der Waals surface area contributed by atoms with Crippen molar-refractivity contribution in [1.82, 2.24) is 14.7 Å². The van der Waals surface area contributed by atoms with Gasteiger partial charge in [0.25, 0.3) is 0 Å². The molecule has 1 aliphatic heterocycles. The fraction of sp³-hybridized carbons (Fsp3) is 0.412. The van der Waals surface area contributed by atoms with E-state index in [9.17, 15) is 8.42 Å². The van der Waals surface area contributed by atoms with E-state index in [2.05, 4.69) is 14.7 Å². The molecule has 3 rings (SSSR count). The third-order valence-electron chi connectivity index (χ3n) is 3.79. The van der Waals surface area contributed by atoms with E-state index < -0.39 is 10.0 Å². The summed E-state index contributed by atoms with van der Waals surface area (Å²) < 4.78 is 38.8. The van der Waals surface area contributed by atoms with Gasteiger partial charge in [0, 0.05) is 38.3 Å². The molecule has 1 N–H and O–H groups in total.